The van der Waals surface area contributed by atoms with Gasteiger partial charge in [-0.1, -0.05) is 26.7 Å². The number of hydrogen-bond donors (Lipinski definition) is 0. The Kier molecular flexibility index (Phi) is 6.96. The maximum absolute atomic E-state index is 12.4. The van der Waals surface area contributed by atoms with Gasteiger partial charge in [0.1, 0.15) is 0 Å². The predicted molar refractivity (Wildman–Crippen MR) is 77.5 cm³/mol. The fourth-order valence-corrected chi connectivity index (χ4v) is 4.72. The molecule has 0 aliphatic heterocycles. The van der Waals surface area contributed by atoms with Gasteiger partial charge in [-0.3, -0.25) is 0 Å². The second-order valence-corrected chi connectivity index (χ2v) is 8.03. The van der Waals surface area contributed by atoms with Crippen LogP contribution in [0.25, 0.3) is 0 Å². The molecule has 1 rings (SSSR count). The summed E-state index contributed by atoms with van der Waals surface area (Å²) in [5, 5.41) is 0. The first kappa shape index (κ1) is 16.3. The number of unbranched alkanes of at least 4 members (excludes halogenated alkanes) is 1. The molecule has 0 radical (unpaired) electrons. The summed E-state index contributed by atoms with van der Waals surface area (Å²) < 4.78 is 26.6. The Morgan fingerprint density at radius 2 is 1.83 bits per heavy atom. The smallest absolute Gasteiger partial charge is 0.212 e. The minimum atomic E-state index is -3.10. The molecule has 1 aliphatic carbocycles. The monoisotopic (exact) mass is 295 g/mol. The van der Waals surface area contributed by atoms with Crippen molar-refractivity contribution in [2.75, 3.05) is 18.2 Å². The summed E-state index contributed by atoms with van der Waals surface area (Å²) in [6.07, 6.45) is 5.84. The summed E-state index contributed by atoms with van der Waals surface area (Å²) in [4.78, 5) is 0. The average Bonchev–Trinajstić information content (AvgIpc) is 2.78. The quantitative estimate of drug-likeness (QED) is 0.509. The molecule has 18 heavy (non-hydrogen) atoms. The Hall–Kier alpha value is 0.200. The van der Waals surface area contributed by atoms with Gasteiger partial charge in [0.15, 0.2) is 0 Å². The lowest BCUT2D eigenvalue weighted by Gasteiger charge is -2.29. The second-order valence-electron chi connectivity index (χ2n) is 5.61. The molecule has 1 saturated carbocycles. The first-order valence-electron chi connectivity index (χ1n) is 7.03. The number of alkyl halides is 1. The zero-order chi connectivity index (χ0) is 13.6. The summed E-state index contributed by atoms with van der Waals surface area (Å²) in [7, 11) is -3.10. The topological polar surface area (TPSA) is 37.4 Å². The van der Waals surface area contributed by atoms with Crippen LogP contribution in [-0.4, -0.2) is 36.9 Å². The van der Waals surface area contributed by atoms with Crippen LogP contribution >= 0.6 is 11.6 Å². The molecular weight excluding hydrogens is 270 g/mol. The van der Waals surface area contributed by atoms with Gasteiger partial charge in [0.2, 0.25) is 10.0 Å². The van der Waals surface area contributed by atoms with E-state index < -0.39 is 10.0 Å². The van der Waals surface area contributed by atoms with E-state index in [1.165, 1.54) is 0 Å². The van der Waals surface area contributed by atoms with Crippen molar-refractivity contribution in [1.29, 1.82) is 0 Å². The van der Waals surface area contributed by atoms with Crippen molar-refractivity contribution in [3.8, 4) is 0 Å². The Balaban J connectivity index is 2.67. The maximum Gasteiger partial charge on any atom is 0.214 e. The van der Waals surface area contributed by atoms with Crippen molar-refractivity contribution in [3.05, 3.63) is 0 Å². The number of nitrogens with zero attached hydrogens (tertiary/aromatic N) is 1. The highest BCUT2D eigenvalue weighted by atomic mass is 35.5. The molecule has 5 heteroatoms. The van der Waals surface area contributed by atoms with Gasteiger partial charge in [-0.25, -0.2) is 8.42 Å². The number of halogens is 1. The van der Waals surface area contributed by atoms with E-state index in [4.69, 9.17) is 11.6 Å². The third-order valence-corrected chi connectivity index (χ3v) is 5.65. The van der Waals surface area contributed by atoms with Gasteiger partial charge < -0.3 is 0 Å². The SMILES string of the molecule is CC(C)CN(C1CCCC1)S(=O)(=O)CCCCCl. The Morgan fingerprint density at radius 3 is 2.33 bits per heavy atom. The summed E-state index contributed by atoms with van der Waals surface area (Å²) in [5.41, 5.74) is 0. The highest BCUT2D eigenvalue weighted by molar-refractivity contribution is 7.89. The number of sulfonamides is 1. The fourth-order valence-electron chi connectivity index (χ4n) is 2.54. The maximum atomic E-state index is 12.4. The number of rotatable bonds is 8. The Morgan fingerprint density at radius 1 is 1.22 bits per heavy atom. The molecule has 0 bridgehead atoms. The van der Waals surface area contributed by atoms with Crippen molar-refractivity contribution in [2.24, 2.45) is 5.92 Å². The lowest BCUT2D eigenvalue weighted by molar-refractivity contribution is 0.292. The molecule has 0 atom stereocenters. The van der Waals surface area contributed by atoms with Crippen LogP contribution in [-0.2, 0) is 10.0 Å². The van der Waals surface area contributed by atoms with Crippen LogP contribution in [0.15, 0.2) is 0 Å². The van der Waals surface area contributed by atoms with Gasteiger partial charge in [-0.2, -0.15) is 4.31 Å². The summed E-state index contributed by atoms with van der Waals surface area (Å²) in [5.74, 6) is 1.18. The van der Waals surface area contributed by atoms with Crippen molar-refractivity contribution in [1.82, 2.24) is 4.31 Å². The minimum Gasteiger partial charge on any atom is -0.212 e. The molecule has 0 aromatic heterocycles. The largest absolute Gasteiger partial charge is 0.214 e. The van der Waals surface area contributed by atoms with Crippen LogP contribution in [0.4, 0.5) is 0 Å². The molecule has 0 heterocycles. The lowest BCUT2D eigenvalue weighted by Crippen LogP contribution is -2.42. The normalized spacial score (nSPS) is 18.1. The molecule has 1 fully saturated rings. The summed E-state index contributed by atoms with van der Waals surface area (Å²) >= 11 is 5.61. The third kappa shape index (κ3) is 5.06. The molecule has 0 N–H and O–H groups in total. The van der Waals surface area contributed by atoms with Crippen LogP contribution in [0.1, 0.15) is 52.4 Å². The van der Waals surface area contributed by atoms with Crippen molar-refractivity contribution >= 4 is 21.6 Å². The van der Waals surface area contributed by atoms with Gasteiger partial charge in [-0.15, -0.1) is 11.6 Å². The standard InChI is InChI=1S/C13H26ClNO2S/c1-12(2)11-15(13-7-3-4-8-13)18(16,17)10-6-5-9-14/h12-13H,3-11H2,1-2H3. The molecule has 0 aromatic rings. The minimum absolute atomic E-state index is 0.244. The van der Waals surface area contributed by atoms with E-state index in [0.717, 1.165) is 32.1 Å². The van der Waals surface area contributed by atoms with E-state index in [1.807, 2.05) is 0 Å². The highest BCUT2D eigenvalue weighted by Gasteiger charge is 2.31. The van der Waals surface area contributed by atoms with Crippen LogP contribution < -0.4 is 0 Å². The van der Waals surface area contributed by atoms with E-state index in [1.54, 1.807) is 4.31 Å². The summed E-state index contributed by atoms with van der Waals surface area (Å²) in [6.45, 7) is 4.82. The van der Waals surface area contributed by atoms with Gasteiger partial charge in [0, 0.05) is 18.5 Å². The van der Waals surface area contributed by atoms with Crippen molar-refractivity contribution in [2.45, 2.75) is 58.4 Å². The van der Waals surface area contributed by atoms with Gasteiger partial charge >= 0.3 is 0 Å². The van der Waals surface area contributed by atoms with E-state index in [0.29, 0.717) is 24.8 Å². The molecule has 1 aliphatic rings. The zero-order valence-electron chi connectivity index (χ0n) is 11.6. The molecule has 3 nitrogen and oxygen atoms in total. The fraction of sp³-hybridized carbons (Fsp3) is 1.00. The van der Waals surface area contributed by atoms with Crippen LogP contribution in [0.3, 0.4) is 0 Å². The molecule has 0 amide bonds. The number of hydrogen-bond acceptors (Lipinski definition) is 2. The first-order valence-corrected chi connectivity index (χ1v) is 9.17. The Bertz CT molecular complexity index is 324. The average molecular weight is 296 g/mol. The molecular formula is C13H26ClNO2S. The molecule has 0 unspecified atom stereocenters. The van der Waals surface area contributed by atoms with Crippen molar-refractivity contribution < 1.29 is 8.42 Å². The molecule has 0 saturated heterocycles. The van der Waals surface area contributed by atoms with E-state index in [9.17, 15) is 8.42 Å². The van der Waals surface area contributed by atoms with Crippen LogP contribution in [0.2, 0.25) is 0 Å². The van der Waals surface area contributed by atoms with Gasteiger partial charge in [-0.05, 0) is 31.6 Å². The molecule has 0 spiro atoms. The van der Waals surface area contributed by atoms with E-state index >= 15 is 0 Å². The third-order valence-electron chi connectivity index (χ3n) is 3.42. The van der Waals surface area contributed by atoms with Crippen molar-refractivity contribution in [3.63, 3.8) is 0 Å². The predicted octanol–water partition coefficient (Wildman–Crippen LogP) is 3.24. The van der Waals surface area contributed by atoms with E-state index in [-0.39, 0.29) is 11.8 Å². The molecule has 0 aromatic carbocycles. The van der Waals surface area contributed by atoms with Gasteiger partial charge in [0.25, 0.3) is 0 Å². The molecule has 108 valence electrons. The first-order chi connectivity index (χ1) is 8.47. The van der Waals surface area contributed by atoms with Crippen LogP contribution in [0, 0.1) is 5.92 Å². The van der Waals surface area contributed by atoms with E-state index in [2.05, 4.69) is 13.8 Å². The van der Waals surface area contributed by atoms with Crippen LogP contribution in [0.5, 0.6) is 0 Å². The zero-order valence-corrected chi connectivity index (χ0v) is 13.1. The highest BCUT2D eigenvalue weighted by Crippen LogP contribution is 2.27. The lowest BCUT2D eigenvalue weighted by atomic mass is 10.2. The Labute approximate surface area is 117 Å². The second kappa shape index (κ2) is 7.71. The summed E-state index contributed by atoms with van der Waals surface area (Å²) in [6, 6.07) is 0.244. The van der Waals surface area contributed by atoms with Gasteiger partial charge in [0.05, 0.1) is 5.75 Å².